The first-order valence-electron chi connectivity index (χ1n) is 5.37. The number of amides is 1. The molecule has 88 valence electrons. The van der Waals surface area contributed by atoms with Crippen LogP contribution in [0.25, 0.3) is 0 Å². The summed E-state index contributed by atoms with van der Waals surface area (Å²) in [5.41, 5.74) is 1.78. The summed E-state index contributed by atoms with van der Waals surface area (Å²) in [5, 5.41) is 0. The van der Waals surface area contributed by atoms with Crippen molar-refractivity contribution in [2.45, 2.75) is 19.8 Å². The normalized spacial score (nSPS) is 10.4. The maximum Gasteiger partial charge on any atom is 0.253 e. The van der Waals surface area contributed by atoms with E-state index in [1.807, 2.05) is 12.1 Å². The number of nitrogens with zero attached hydrogens (tertiary/aromatic N) is 1. The maximum atomic E-state index is 11.8. The minimum atomic E-state index is -0.00592. The molecule has 0 aliphatic carbocycles. The molecule has 0 saturated carbocycles. The van der Waals surface area contributed by atoms with Gasteiger partial charge in [0.2, 0.25) is 0 Å². The number of methoxy groups -OCH3 is 1. The number of hydrogen-bond donors (Lipinski definition) is 0. The summed E-state index contributed by atoms with van der Waals surface area (Å²) >= 11 is 0. The van der Waals surface area contributed by atoms with Crippen LogP contribution in [-0.4, -0.2) is 32.0 Å². The lowest BCUT2D eigenvalue weighted by Crippen LogP contribution is -2.21. The molecule has 0 N–H and O–H groups in total. The standard InChI is InChI=1S/C13H19NO2/c1-9(2)11-7-6-10(8-12(11)16-5)13(15)14(3)4/h6-9H,1-5H3. The Bertz CT molecular complexity index is 384. The van der Waals surface area contributed by atoms with Gasteiger partial charge in [-0.25, -0.2) is 0 Å². The minimum Gasteiger partial charge on any atom is -0.496 e. The number of rotatable bonds is 3. The zero-order valence-corrected chi connectivity index (χ0v) is 10.6. The van der Waals surface area contributed by atoms with Crippen LogP contribution in [0.3, 0.4) is 0 Å². The first kappa shape index (κ1) is 12.6. The first-order valence-corrected chi connectivity index (χ1v) is 5.37. The number of benzene rings is 1. The lowest BCUT2D eigenvalue weighted by atomic mass is 10.00. The van der Waals surface area contributed by atoms with E-state index in [1.54, 1.807) is 32.2 Å². The second kappa shape index (κ2) is 5.01. The zero-order chi connectivity index (χ0) is 12.3. The molecule has 0 radical (unpaired) electrons. The van der Waals surface area contributed by atoms with Crippen molar-refractivity contribution in [1.29, 1.82) is 0 Å². The van der Waals surface area contributed by atoms with Crippen molar-refractivity contribution >= 4 is 5.91 Å². The highest BCUT2D eigenvalue weighted by Gasteiger charge is 2.13. The summed E-state index contributed by atoms with van der Waals surface area (Å²) in [6, 6.07) is 5.61. The monoisotopic (exact) mass is 221 g/mol. The van der Waals surface area contributed by atoms with Crippen molar-refractivity contribution in [3.8, 4) is 5.75 Å². The van der Waals surface area contributed by atoms with Crippen LogP contribution in [-0.2, 0) is 0 Å². The van der Waals surface area contributed by atoms with Gasteiger partial charge in [0, 0.05) is 19.7 Å². The first-order chi connectivity index (χ1) is 7.47. The Labute approximate surface area is 97.0 Å². The molecule has 0 spiro atoms. The van der Waals surface area contributed by atoms with E-state index in [9.17, 15) is 4.79 Å². The van der Waals surface area contributed by atoms with Gasteiger partial charge in [-0.05, 0) is 23.6 Å². The smallest absolute Gasteiger partial charge is 0.253 e. The van der Waals surface area contributed by atoms with Crippen molar-refractivity contribution in [3.05, 3.63) is 29.3 Å². The van der Waals surface area contributed by atoms with Gasteiger partial charge in [-0.1, -0.05) is 19.9 Å². The molecule has 0 unspecified atom stereocenters. The Balaban J connectivity index is 3.14. The van der Waals surface area contributed by atoms with E-state index in [1.165, 1.54) is 0 Å². The van der Waals surface area contributed by atoms with Gasteiger partial charge in [0.1, 0.15) is 5.75 Å². The van der Waals surface area contributed by atoms with Gasteiger partial charge in [-0.3, -0.25) is 4.79 Å². The molecule has 1 rings (SSSR count). The third-order valence-corrected chi connectivity index (χ3v) is 2.51. The molecular weight excluding hydrogens is 202 g/mol. The van der Waals surface area contributed by atoms with E-state index in [4.69, 9.17) is 4.74 Å². The predicted molar refractivity (Wildman–Crippen MR) is 65.1 cm³/mol. The Kier molecular flexibility index (Phi) is 3.93. The number of carbonyl (C=O) groups is 1. The van der Waals surface area contributed by atoms with Crippen LogP contribution in [0.1, 0.15) is 35.7 Å². The SMILES string of the molecule is COc1cc(C(=O)N(C)C)ccc1C(C)C. The van der Waals surface area contributed by atoms with Crippen LogP contribution < -0.4 is 4.74 Å². The third-order valence-electron chi connectivity index (χ3n) is 2.51. The van der Waals surface area contributed by atoms with Crippen LogP contribution in [0.2, 0.25) is 0 Å². The van der Waals surface area contributed by atoms with E-state index < -0.39 is 0 Å². The van der Waals surface area contributed by atoms with Crippen LogP contribution in [0, 0.1) is 0 Å². The van der Waals surface area contributed by atoms with E-state index in [2.05, 4.69) is 13.8 Å². The van der Waals surface area contributed by atoms with Crippen LogP contribution in [0.4, 0.5) is 0 Å². The van der Waals surface area contributed by atoms with Crippen LogP contribution in [0.5, 0.6) is 5.75 Å². The van der Waals surface area contributed by atoms with Crippen LogP contribution in [0.15, 0.2) is 18.2 Å². The molecule has 3 nitrogen and oxygen atoms in total. The molecule has 0 aliphatic heterocycles. The van der Waals surface area contributed by atoms with Gasteiger partial charge >= 0.3 is 0 Å². The minimum absolute atomic E-state index is 0.00592. The summed E-state index contributed by atoms with van der Waals surface area (Å²) in [6.45, 7) is 4.20. The van der Waals surface area contributed by atoms with Gasteiger partial charge in [-0.15, -0.1) is 0 Å². The van der Waals surface area contributed by atoms with E-state index in [-0.39, 0.29) is 5.91 Å². The zero-order valence-electron chi connectivity index (χ0n) is 10.6. The van der Waals surface area contributed by atoms with Crippen molar-refractivity contribution in [3.63, 3.8) is 0 Å². The van der Waals surface area contributed by atoms with E-state index >= 15 is 0 Å². The summed E-state index contributed by atoms with van der Waals surface area (Å²) < 4.78 is 5.31. The Hall–Kier alpha value is -1.51. The fourth-order valence-electron chi connectivity index (χ4n) is 1.58. The fourth-order valence-corrected chi connectivity index (χ4v) is 1.58. The highest BCUT2D eigenvalue weighted by molar-refractivity contribution is 5.94. The molecule has 1 aromatic rings. The molecular formula is C13H19NO2. The van der Waals surface area contributed by atoms with Crippen molar-refractivity contribution in [2.24, 2.45) is 0 Å². The molecule has 16 heavy (non-hydrogen) atoms. The summed E-state index contributed by atoms with van der Waals surface area (Å²) in [4.78, 5) is 13.3. The van der Waals surface area contributed by atoms with E-state index in [0.29, 0.717) is 11.5 Å². The summed E-state index contributed by atoms with van der Waals surface area (Å²) in [7, 11) is 5.11. The Morgan fingerprint density at radius 2 is 1.94 bits per heavy atom. The maximum absolute atomic E-state index is 11.8. The Morgan fingerprint density at radius 1 is 1.31 bits per heavy atom. The average molecular weight is 221 g/mol. The highest BCUT2D eigenvalue weighted by atomic mass is 16.5. The number of carbonyl (C=O) groups excluding carboxylic acids is 1. The lowest BCUT2D eigenvalue weighted by Gasteiger charge is -2.15. The van der Waals surface area contributed by atoms with Crippen molar-refractivity contribution < 1.29 is 9.53 Å². The molecule has 1 aromatic carbocycles. The van der Waals surface area contributed by atoms with Gasteiger partial charge < -0.3 is 9.64 Å². The summed E-state index contributed by atoms with van der Waals surface area (Å²) in [5.74, 6) is 1.16. The lowest BCUT2D eigenvalue weighted by molar-refractivity contribution is 0.0827. The van der Waals surface area contributed by atoms with Gasteiger partial charge in [-0.2, -0.15) is 0 Å². The van der Waals surface area contributed by atoms with Gasteiger partial charge in [0.05, 0.1) is 7.11 Å². The van der Waals surface area contributed by atoms with Crippen molar-refractivity contribution in [2.75, 3.05) is 21.2 Å². The topological polar surface area (TPSA) is 29.5 Å². The largest absolute Gasteiger partial charge is 0.496 e. The average Bonchev–Trinajstić information content (AvgIpc) is 2.26. The predicted octanol–water partition coefficient (Wildman–Crippen LogP) is 2.52. The molecule has 3 heteroatoms. The highest BCUT2D eigenvalue weighted by Crippen LogP contribution is 2.27. The molecule has 1 amide bonds. The fraction of sp³-hybridized carbons (Fsp3) is 0.462. The second-order valence-electron chi connectivity index (χ2n) is 4.31. The molecule has 0 atom stereocenters. The molecule has 0 bridgehead atoms. The molecule has 0 saturated heterocycles. The quantitative estimate of drug-likeness (QED) is 0.785. The molecule has 0 heterocycles. The van der Waals surface area contributed by atoms with Crippen molar-refractivity contribution in [1.82, 2.24) is 4.90 Å². The van der Waals surface area contributed by atoms with Gasteiger partial charge in [0.15, 0.2) is 0 Å². The molecule has 0 aromatic heterocycles. The number of ether oxygens (including phenoxy) is 1. The number of hydrogen-bond acceptors (Lipinski definition) is 2. The van der Waals surface area contributed by atoms with Crippen LogP contribution >= 0.6 is 0 Å². The summed E-state index contributed by atoms with van der Waals surface area (Å²) in [6.07, 6.45) is 0. The van der Waals surface area contributed by atoms with Gasteiger partial charge in [0.25, 0.3) is 5.91 Å². The second-order valence-corrected chi connectivity index (χ2v) is 4.31. The Morgan fingerprint density at radius 3 is 2.38 bits per heavy atom. The molecule has 0 fully saturated rings. The molecule has 0 aliphatic rings. The third kappa shape index (κ3) is 2.54. The van der Waals surface area contributed by atoms with E-state index in [0.717, 1.165) is 11.3 Å².